The van der Waals surface area contributed by atoms with E-state index in [4.69, 9.17) is 4.74 Å². The maximum atomic E-state index is 12.2. The zero-order chi connectivity index (χ0) is 20.1. The SMILES string of the molecule is Cc1c(OCCCCn2ccc3ccccc32)ccc(C(=O)CC(C)C)c1O. The molecule has 2 aromatic carbocycles. The second kappa shape index (κ2) is 8.96. The highest BCUT2D eigenvalue weighted by Gasteiger charge is 2.17. The number of fused-ring (bicyclic) bond motifs is 1. The van der Waals surface area contributed by atoms with Gasteiger partial charge in [0.2, 0.25) is 0 Å². The lowest BCUT2D eigenvalue weighted by molar-refractivity contribution is 0.0965. The molecule has 0 saturated heterocycles. The number of rotatable bonds is 9. The molecule has 0 atom stereocenters. The van der Waals surface area contributed by atoms with E-state index in [1.807, 2.05) is 13.8 Å². The van der Waals surface area contributed by atoms with E-state index in [1.54, 1.807) is 19.1 Å². The smallest absolute Gasteiger partial charge is 0.166 e. The van der Waals surface area contributed by atoms with E-state index in [2.05, 4.69) is 41.1 Å². The van der Waals surface area contributed by atoms with Crippen molar-refractivity contribution in [2.75, 3.05) is 6.61 Å². The topological polar surface area (TPSA) is 51.5 Å². The van der Waals surface area contributed by atoms with Crippen LogP contribution in [0.2, 0.25) is 0 Å². The number of phenols is 1. The van der Waals surface area contributed by atoms with Crippen molar-refractivity contribution in [3.63, 3.8) is 0 Å². The Labute approximate surface area is 166 Å². The molecule has 0 fully saturated rings. The third-order valence-corrected chi connectivity index (χ3v) is 5.01. The Morgan fingerprint density at radius 2 is 1.89 bits per heavy atom. The van der Waals surface area contributed by atoms with Crippen LogP contribution in [0.5, 0.6) is 11.5 Å². The minimum atomic E-state index is -0.0268. The number of ether oxygens (including phenoxy) is 1. The van der Waals surface area contributed by atoms with Gasteiger partial charge in [-0.1, -0.05) is 32.0 Å². The number of aryl methyl sites for hydroxylation is 1. The Morgan fingerprint density at radius 1 is 1.11 bits per heavy atom. The number of unbranched alkanes of at least 4 members (excludes halogenated alkanes) is 1. The van der Waals surface area contributed by atoms with Crippen LogP contribution < -0.4 is 4.74 Å². The van der Waals surface area contributed by atoms with Crippen LogP contribution in [0, 0.1) is 12.8 Å². The van der Waals surface area contributed by atoms with Gasteiger partial charge in [-0.2, -0.15) is 0 Å². The molecule has 4 heteroatoms. The molecule has 1 aromatic heterocycles. The molecule has 0 bridgehead atoms. The average Bonchev–Trinajstić information content (AvgIpc) is 3.07. The predicted octanol–water partition coefficient (Wildman–Crippen LogP) is 5.74. The Morgan fingerprint density at radius 3 is 2.68 bits per heavy atom. The predicted molar refractivity (Wildman–Crippen MR) is 113 cm³/mol. The van der Waals surface area contributed by atoms with Crippen LogP contribution in [0.15, 0.2) is 48.7 Å². The van der Waals surface area contributed by atoms with E-state index in [-0.39, 0.29) is 17.5 Å². The molecule has 28 heavy (non-hydrogen) atoms. The van der Waals surface area contributed by atoms with E-state index in [0.717, 1.165) is 19.4 Å². The maximum Gasteiger partial charge on any atom is 0.166 e. The molecular formula is C24H29NO3. The van der Waals surface area contributed by atoms with Crippen LogP contribution >= 0.6 is 0 Å². The summed E-state index contributed by atoms with van der Waals surface area (Å²) in [6.07, 6.45) is 4.48. The van der Waals surface area contributed by atoms with E-state index in [0.29, 0.717) is 29.9 Å². The van der Waals surface area contributed by atoms with Gasteiger partial charge in [0, 0.05) is 30.2 Å². The number of hydrogen-bond donors (Lipinski definition) is 1. The van der Waals surface area contributed by atoms with E-state index in [9.17, 15) is 9.90 Å². The number of para-hydroxylation sites is 1. The quantitative estimate of drug-likeness (QED) is 0.381. The second-order valence-corrected chi connectivity index (χ2v) is 7.73. The van der Waals surface area contributed by atoms with Gasteiger partial charge >= 0.3 is 0 Å². The third-order valence-electron chi connectivity index (χ3n) is 5.01. The first-order chi connectivity index (χ1) is 13.5. The fourth-order valence-electron chi connectivity index (χ4n) is 3.45. The second-order valence-electron chi connectivity index (χ2n) is 7.73. The molecule has 0 aliphatic carbocycles. The highest BCUT2D eigenvalue weighted by atomic mass is 16.5. The number of benzene rings is 2. The Kier molecular flexibility index (Phi) is 6.40. The van der Waals surface area contributed by atoms with Gasteiger partial charge < -0.3 is 14.4 Å². The van der Waals surface area contributed by atoms with Gasteiger partial charge in [0.15, 0.2) is 5.78 Å². The lowest BCUT2D eigenvalue weighted by atomic mass is 9.98. The number of aromatic hydroxyl groups is 1. The number of ketones is 1. The first kappa shape index (κ1) is 20.0. The number of aromatic nitrogens is 1. The molecule has 3 rings (SSSR count). The molecule has 0 radical (unpaired) electrons. The standard InChI is InChI=1S/C24H29NO3/c1-17(2)16-22(26)20-10-11-23(18(3)24(20)27)28-15-7-6-13-25-14-12-19-8-4-5-9-21(19)25/h4-5,8-12,14,17,27H,6-7,13,15-16H2,1-3H3. The van der Waals surface area contributed by atoms with Crippen molar-refractivity contribution in [1.82, 2.24) is 4.57 Å². The number of carbonyl (C=O) groups excluding carboxylic acids is 1. The fraction of sp³-hybridized carbons (Fsp3) is 0.375. The lowest BCUT2D eigenvalue weighted by Gasteiger charge is -2.13. The summed E-state index contributed by atoms with van der Waals surface area (Å²) in [6.45, 7) is 7.32. The van der Waals surface area contributed by atoms with Crippen LogP contribution in [-0.2, 0) is 6.54 Å². The first-order valence-electron chi connectivity index (χ1n) is 10.00. The van der Waals surface area contributed by atoms with Gasteiger partial charge in [0.1, 0.15) is 11.5 Å². The number of hydrogen-bond acceptors (Lipinski definition) is 3. The van der Waals surface area contributed by atoms with E-state index >= 15 is 0 Å². The molecule has 0 saturated carbocycles. The molecule has 148 valence electrons. The molecule has 0 aliphatic rings. The largest absolute Gasteiger partial charge is 0.507 e. The van der Waals surface area contributed by atoms with Crippen LogP contribution in [0.4, 0.5) is 0 Å². The molecule has 0 amide bonds. The zero-order valence-corrected chi connectivity index (χ0v) is 16.9. The number of Topliss-reactive ketones (excluding diaryl/α,β-unsaturated/α-hetero) is 1. The third kappa shape index (κ3) is 4.56. The fourth-order valence-corrected chi connectivity index (χ4v) is 3.45. The van der Waals surface area contributed by atoms with Gasteiger partial charge in [0.05, 0.1) is 12.2 Å². The van der Waals surface area contributed by atoms with Crippen molar-refractivity contribution in [3.8, 4) is 11.5 Å². The number of phenolic OH excluding ortho intramolecular Hbond substituents is 1. The number of nitrogens with zero attached hydrogens (tertiary/aromatic N) is 1. The summed E-state index contributed by atoms with van der Waals surface area (Å²) in [6, 6.07) is 14.0. The summed E-state index contributed by atoms with van der Waals surface area (Å²) >= 11 is 0. The number of carbonyl (C=O) groups is 1. The van der Waals surface area contributed by atoms with Crippen molar-refractivity contribution >= 4 is 16.7 Å². The Bertz CT molecular complexity index is 956. The molecular weight excluding hydrogens is 350 g/mol. The van der Waals surface area contributed by atoms with Crippen molar-refractivity contribution in [1.29, 1.82) is 0 Å². The summed E-state index contributed by atoms with van der Waals surface area (Å²) in [5.41, 5.74) is 2.27. The monoisotopic (exact) mass is 379 g/mol. The van der Waals surface area contributed by atoms with Crippen molar-refractivity contribution in [2.24, 2.45) is 5.92 Å². The van der Waals surface area contributed by atoms with Crippen LogP contribution in [-0.4, -0.2) is 22.1 Å². The van der Waals surface area contributed by atoms with Gasteiger partial charge in [-0.25, -0.2) is 0 Å². The maximum absolute atomic E-state index is 12.2. The highest BCUT2D eigenvalue weighted by molar-refractivity contribution is 5.99. The average molecular weight is 380 g/mol. The summed E-state index contributed by atoms with van der Waals surface area (Å²) < 4.78 is 8.13. The van der Waals surface area contributed by atoms with Crippen LogP contribution in [0.25, 0.3) is 10.9 Å². The molecule has 0 aliphatic heterocycles. The van der Waals surface area contributed by atoms with E-state index in [1.165, 1.54) is 10.9 Å². The summed E-state index contributed by atoms with van der Waals surface area (Å²) in [7, 11) is 0. The summed E-state index contributed by atoms with van der Waals surface area (Å²) in [5, 5.41) is 11.6. The first-order valence-corrected chi connectivity index (χ1v) is 10.00. The van der Waals surface area contributed by atoms with Crippen molar-refractivity contribution < 1.29 is 14.6 Å². The minimum Gasteiger partial charge on any atom is -0.507 e. The van der Waals surface area contributed by atoms with Gasteiger partial charge in [-0.05, 0) is 55.3 Å². The molecule has 0 spiro atoms. The van der Waals surface area contributed by atoms with Crippen molar-refractivity contribution in [3.05, 3.63) is 59.8 Å². The highest BCUT2D eigenvalue weighted by Crippen LogP contribution is 2.32. The van der Waals surface area contributed by atoms with E-state index < -0.39 is 0 Å². The van der Waals surface area contributed by atoms with Crippen LogP contribution in [0.1, 0.15) is 49.0 Å². The minimum absolute atomic E-state index is 0.0268. The molecule has 1 N–H and O–H groups in total. The van der Waals surface area contributed by atoms with Gasteiger partial charge in [0.25, 0.3) is 0 Å². The Hall–Kier alpha value is -2.75. The normalized spacial score (nSPS) is 11.3. The molecule has 3 aromatic rings. The molecule has 0 unspecified atom stereocenters. The Balaban J connectivity index is 1.52. The van der Waals surface area contributed by atoms with Gasteiger partial charge in [-0.15, -0.1) is 0 Å². The molecule has 4 nitrogen and oxygen atoms in total. The summed E-state index contributed by atoms with van der Waals surface area (Å²) in [4.78, 5) is 12.2. The van der Waals surface area contributed by atoms with Crippen LogP contribution in [0.3, 0.4) is 0 Å². The lowest BCUT2D eigenvalue weighted by Crippen LogP contribution is -2.06. The van der Waals surface area contributed by atoms with Crippen molar-refractivity contribution in [2.45, 2.75) is 46.6 Å². The van der Waals surface area contributed by atoms with Gasteiger partial charge in [-0.3, -0.25) is 4.79 Å². The molecule has 1 heterocycles. The summed E-state index contributed by atoms with van der Waals surface area (Å²) in [5.74, 6) is 0.925. The zero-order valence-electron chi connectivity index (χ0n) is 16.9.